The van der Waals surface area contributed by atoms with E-state index in [1.165, 1.54) is 11.0 Å². The van der Waals surface area contributed by atoms with Gasteiger partial charge < -0.3 is 0 Å². The maximum absolute atomic E-state index is 11.3. The van der Waals surface area contributed by atoms with Gasteiger partial charge in [0.1, 0.15) is 0 Å². The van der Waals surface area contributed by atoms with E-state index in [1.807, 2.05) is 6.07 Å². The molecule has 0 unspecified atom stereocenters. The van der Waals surface area contributed by atoms with Crippen LogP contribution in [0.5, 0.6) is 0 Å². The molecule has 1 rings (SSSR count). The van der Waals surface area contributed by atoms with E-state index in [0.29, 0.717) is 25.0 Å². The highest BCUT2D eigenvalue weighted by molar-refractivity contribution is 6.15. The van der Waals surface area contributed by atoms with Crippen molar-refractivity contribution < 1.29 is 9.59 Å². The highest BCUT2D eigenvalue weighted by Crippen LogP contribution is 2.12. The molecule has 2 amide bonds. The summed E-state index contributed by atoms with van der Waals surface area (Å²) < 4.78 is 0. The predicted octanol–water partition coefficient (Wildman–Crippen LogP) is 0.605. The molecule has 0 aliphatic carbocycles. The topological polar surface area (TPSA) is 61.2 Å². The number of nitriles is 1. The highest BCUT2D eigenvalue weighted by Gasteiger charge is 2.27. The molecule has 0 aromatic heterocycles. The van der Waals surface area contributed by atoms with E-state index in [1.54, 1.807) is 6.92 Å². The number of carbonyl (C=O) groups is 2. The molecule has 1 aliphatic heterocycles. The van der Waals surface area contributed by atoms with E-state index >= 15 is 0 Å². The fourth-order valence-electron chi connectivity index (χ4n) is 1.17. The van der Waals surface area contributed by atoms with Crippen molar-refractivity contribution in [1.29, 1.82) is 5.26 Å². The number of nitrogens with zero attached hydrogens (tertiary/aromatic N) is 2. The maximum atomic E-state index is 11.3. The summed E-state index contributed by atoms with van der Waals surface area (Å²) in [6.45, 7) is 1.96. The minimum Gasteiger partial charge on any atom is -0.275 e. The zero-order valence-corrected chi connectivity index (χ0v) is 7.41. The van der Waals surface area contributed by atoms with Crippen LogP contribution in [-0.4, -0.2) is 23.3 Å². The van der Waals surface area contributed by atoms with Gasteiger partial charge in [-0.15, -0.1) is 0 Å². The Balaban J connectivity index is 2.50. The number of hydrogen-bond donors (Lipinski definition) is 0. The van der Waals surface area contributed by atoms with Crippen molar-refractivity contribution in [2.75, 3.05) is 6.54 Å². The highest BCUT2D eigenvalue weighted by atomic mass is 16.2. The smallest absolute Gasteiger partial charge is 0.256 e. The Kier molecular flexibility index (Phi) is 2.80. The number of hydrogen-bond acceptors (Lipinski definition) is 3. The monoisotopic (exact) mass is 178 g/mol. The molecular formula is C9H10N2O2. The van der Waals surface area contributed by atoms with Crippen molar-refractivity contribution in [2.45, 2.75) is 19.8 Å². The van der Waals surface area contributed by atoms with Crippen LogP contribution in [0.4, 0.5) is 0 Å². The van der Waals surface area contributed by atoms with Gasteiger partial charge >= 0.3 is 0 Å². The molecule has 0 radical (unpaired) electrons. The molecule has 4 nitrogen and oxygen atoms in total. The van der Waals surface area contributed by atoms with Gasteiger partial charge in [-0.25, -0.2) is 0 Å². The molecule has 0 atom stereocenters. The summed E-state index contributed by atoms with van der Waals surface area (Å²) in [6, 6.07) is 1.97. The van der Waals surface area contributed by atoms with Crippen molar-refractivity contribution in [3.05, 3.63) is 11.6 Å². The molecule has 0 aromatic carbocycles. The lowest BCUT2D eigenvalue weighted by atomic mass is 10.3. The Bertz CT molecular complexity index is 312. The van der Waals surface area contributed by atoms with E-state index < -0.39 is 0 Å². The first-order valence-electron chi connectivity index (χ1n) is 4.08. The molecule has 13 heavy (non-hydrogen) atoms. The molecule has 0 spiro atoms. The van der Waals surface area contributed by atoms with Crippen LogP contribution in [0.15, 0.2) is 11.6 Å². The van der Waals surface area contributed by atoms with Crippen molar-refractivity contribution in [3.8, 4) is 6.07 Å². The predicted molar refractivity (Wildman–Crippen MR) is 45.3 cm³/mol. The van der Waals surface area contributed by atoms with E-state index in [2.05, 4.69) is 0 Å². The van der Waals surface area contributed by atoms with Gasteiger partial charge in [-0.1, -0.05) is 0 Å². The molecule has 0 bridgehead atoms. The van der Waals surface area contributed by atoms with Crippen LogP contribution >= 0.6 is 0 Å². The average Bonchev–Trinajstić information content (AvgIpc) is 2.32. The SMILES string of the molecule is CC1=CC(=O)N(CCCC#N)C1=O. The third-order valence-corrected chi connectivity index (χ3v) is 1.86. The number of amides is 2. The molecule has 0 saturated carbocycles. The minimum atomic E-state index is -0.263. The standard InChI is InChI=1S/C9H10N2O2/c1-7-6-8(12)11(9(7)13)5-3-2-4-10/h6H,2-3,5H2,1H3. The summed E-state index contributed by atoms with van der Waals surface area (Å²) in [5, 5.41) is 8.27. The quantitative estimate of drug-likeness (QED) is 0.469. The van der Waals surface area contributed by atoms with Gasteiger partial charge in [0.25, 0.3) is 11.8 Å². The Hall–Kier alpha value is -1.63. The zero-order valence-electron chi connectivity index (χ0n) is 7.41. The van der Waals surface area contributed by atoms with Crippen LogP contribution in [0, 0.1) is 11.3 Å². The van der Waals surface area contributed by atoms with Crippen LogP contribution < -0.4 is 0 Å². The van der Waals surface area contributed by atoms with Gasteiger partial charge in [-0.05, 0) is 13.3 Å². The number of rotatable bonds is 3. The first kappa shape index (κ1) is 9.46. The summed E-state index contributed by atoms with van der Waals surface area (Å²) in [5.41, 5.74) is 0.474. The van der Waals surface area contributed by atoms with Gasteiger partial charge in [0.05, 0.1) is 6.07 Å². The molecule has 4 heteroatoms. The fraction of sp³-hybridized carbons (Fsp3) is 0.444. The first-order chi connectivity index (χ1) is 6.16. The van der Waals surface area contributed by atoms with E-state index in [4.69, 9.17) is 5.26 Å². The number of unbranched alkanes of at least 4 members (excludes halogenated alkanes) is 1. The number of carbonyl (C=O) groups excluding carboxylic acids is 2. The van der Waals surface area contributed by atoms with E-state index in [9.17, 15) is 9.59 Å². The molecular weight excluding hydrogens is 168 g/mol. The van der Waals surface area contributed by atoms with Crippen molar-refractivity contribution in [1.82, 2.24) is 4.90 Å². The van der Waals surface area contributed by atoms with Crippen LogP contribution in [0.1, 0.15) is 19.8 Å². The first-order valence-corrected chi connectivity index (χ1v) is 4.08. The largest absolute Gasteiger partial charge is 0.275 e. The molecule has 1 heterocycles. The Morgan fingerprint density at radius 1 is 1.54 bits per heavy atom. The molecule has 0 aromatic rings. The fourth-order valence-corrected chi connectivity index (χ4v) is 1.17. The second-order valence-electron chi connectivity index (χ2n) is 2.88. The van der Waals surface area contributed by atoms with Gasteiger partial charge in [0.2, 0.25) is 0 Å². The zero-order chi connectivity index (χ0) is 9.84. The summed E-state index contributed by atoms with van der Waals surface area (Å²) in [7, 11) is 0. The lowest BCUT2D eigenvalue weighted by molar-refractivity contribution is -0.137. The maximum Gasteiger partial charge on any atom is 0.256 e. The van der Waals surface area contributed by atoms with Gasteiger partial charge in [-0.3, -0.25) is 14.5 Å². The molecule has 0 N–H and O–H groups in total. The van der Waals surface area contributed by atoms with Crippen molar-refractivity contribution in [3.63, 3.8) is 0 Å². The average molecular weight is 178 g/mol. The van der Waals surface area contributed by atoms with Gasteiger partial charge in [0.15, 0.2) is 0 Å². The summed E-state index contributed by atoms with van der Waals surface area (Å²) >= 11 is 0. The normalized spacial score (nSPS) is 16.0. The van der Waals surface area contributed by atoms with Gasteiger partial charge in [0, 0.05) is 24.6 Å². The van der Waals surface area contributed by atoms with Gasteiger partial charge in [-0.2, -0.15) is 5.26 Å². The number of imide groups is 1. The molecule has 0 fully saturated rings. The molecule has 1 aliphatic rings. The van der Waals surface area contributed by atoms with E-state index in [-0.39, 0.29) is 11.8 Å². The second-order valence-corrected chi connectivity index (χ2v) is 2.88. The lowest BCUT2D eigenvalue weighted by Gasteiger charge is -2.12. The van der Waals surface area contributed by atoms with Crippen molar-refractivity contribution in [2.24, 2.45) is 0 Å². The third-order valence-electron chi connectivity index (χ3n) is 1.86. The van der Waals surface area contributed by atoms with Crippen LogP contribution in [-0.2, 0) is 9.59 Å². The summed E-state index contributed by atoms with van der Waals surface area (Å²) in [6.07, 6.45) is 2.25. The Morgan fingerprint density at radius 2 is 2.23 bits per heavy atom. The van der Waals surface area contributed by atoms with Crippen LogP contribution in [0.2, 0.25) is 0 Å². The van der Waals surface area contributed by atoms with Crippen LogP contribution in [0.3, 0.4) is 0 Å². The molecule has 0 saturated heterocycles. The second kappa shape index (κ2) is 3.85. The lowest BCUT2D eigenvalue weighted by Crippen LogP contribution is -2.31. The molecule has 68 valence electrons. The van der Waals surface area contributed by atoms with Crippen LogP contribution in [0.25, 0.3) is 0 Å². The van der Waals surface area contributed by atoms with Crippen molar-refractivity contribution >= 4 is 11.8 Å². The minimum absolute atomic E-state index is 0.233. The third kappa shape index (κ3) is 1.94. The van der Waals surface area contributed by atoms with E-state index in [0.717, 1.165) is 0 Å². The Labute approximate surface area is 76.4 Å². The summed E-state index contributed by atoms with van der Waals surface area (Å²) in [4.78, 5) is 23.6. The summed E-state index contributed by atoms with van der Waals surface area (Å²) in [5.74, 6) is -0.497. The Morgan fingerprint density at radius 3 is 2.69 bits per heavy atom.